The number of ether oxygens (including phenoxy) is 1. The van der Waals surface area contributed by atoms with Crippen LogP contribution in [-0.2, 0) is 6.42 Å². The van der Waals surface area contributed by atoms with Crippen molar-refractivity contribution in [1.82, 2.24) is 0 Å². The minimum atomic E-state index is -0.189. The number of hydrogen-bond donors (Lipinski definition) is 1. The van der Waals surface area contributed by atoms with Gasteiger partial charge >= 0.3 is 0 Å². The zero-order valence-corrected chi connectivity index (χ0v) is 12.1. The van der Waals surface area contributed by atoms with Crippen molar-refractivity contribution < 1.29 is 9.84 Å². The zero-order chi connectivity index (χ0) is 13.6. The summed E-state index contributed by atoms with van der Waals surface area (Å²) in [7, 11) is 1.67. The van der Waals surface area contributed by atoms with Crippen molar-refractivity contribution in [3.8, 4) is 5.75 Å². The fraction of sp³-hybridized carbons (Fsp3) is 0.625. The second kappa shape index (κ2) is 6.79. The van der Waals surface area contributed by atoms with Crippen molar-refractivity contribution >= 4 is 0 Å². The largest absolute Gasteiger partial charge is 0.497 e. The number of aryl methyl sites for hydroxylation is 1. The van der Waals surface area contributed by atoms with E-state index in [4.69, 9.17) is 4.74 Å². The van der Waals surface area contributed by atoms with Crippen LogP contribution >= 0.6 is 0 Å². The molecule has 18 heavy (non-hydrogen) atoms. The fourth-order valence-electron chi connectivity index (χ4n) is 1.87. The molecule has 1 rings (SSSR count). The summed E-state index contributed by atoms with van der Waals surface area (Å²) in [6.45, 7) is 6.63. The second-order valence-corrected chi connectivity index (χ2v) is 6.14. The fourth-order valence-corrected chi connectivity index (χ4v) is 1.87. The number of methoxy groups -OCH3 is 1. The topological polar surface area (TPSA) is 29.5 Å². The van der Waals surface area contributed by atoms with Crippen molar-refractivity contribution in [3.05, 3.63) is 29.8 Å². The van der Waals surface area contributed by atoms with Crippen molar-refractivity contribution in [3.63, 3.8) is 0 Å². The maximum atomic E-state index is 9.95. The molecule has 0 aliphatic rings. The van der Waals surface area contributed by atoms with Gasteiger partial charge < -0.3 is 9.84 Å². The number of benzene rings is 1. The average molecular weight is 250 g/mol. The lowest BCUT2D eigenvalue weighted by atomic mass is 9.88. The summed E-state index contributed by atoms with van der Waals surface area (Å²) in [5, 5.41) is 9.95. The van der Waals surface area contributed by atoms with Gasteiger partial charge in [-0.15, -0.1) is 0 Å². The number of aliphatic hydroxyl groups excluding tert-OH is 1. The quantitative estimate of drug-likeness (QED) is 0.831. The minimum absolute atomic E-state index is 0.189. The van der Waals surface area contributed by atoms with Gasteiger partial charge in [-0.05, 0) is 48.8 Å². The summed E-state index contributed by atoms with van der Waals surface area (Å²) in [5.74, 6) is 0.882. The molecular weight excluding hydrogens is 224 g/mol. The minimum Gasteiger partial charge on any atom is -0.497 e. The highest BCUT2D eigenvalue weighted by Gasteiger charge is 2.13. The molecule has 0 radical (unpaired) electrons. The molecule has 0 fully saturated rings. The van der Waals surface area contributed by atoms with Crippen LogP contribution in [0, 0.1) is 5.41 Å². The Morgan fingerprint density at radius 2 is 1.72 bits per heavy atom. The van der Waals surface area contributed by atoms with Crippen molar-refractivity contribution in [1.29, 1.82) is 0 Å². The zero-order valence-electron chi connectivity index (χ0n) is 12.1. The lowest BCUT2D eigenvalue weighted by Gasteiger charge is -2.20. The molecule has 0 bridgehead atoms. The molecule has 2 nitrogen and oxygen atoms in total. The molecule has 1 unspecified atom stereocenters. The van der Waals surface area contributed by atoms with Gasteiger partial charge in [0.1, 0.15) is 5.75 Å². The van der Waals surface area contributed by atoms with Crippen LogP contribution in [0.2, 0.25) is 0 Å². The van der Waals surface area contributed by atoms with E-state index < -0.39 is 0 Å². The molecule has 0 saturated heterocycles. The van der Waals surface area contributed by atoms with Gasteiger partial charge in [-0.3, -0.25) is 0 Å². The Balaban J connectivity index is 2.31. The van der Waals surface area contributed by atoms with Gasteiger partial charge in [0.15, 0.2) is 0 Å². The Morgan fingerprint density at radius 3 is 2.22 bits per heavy atom. The van der Waals surface area contributed by atoms with E-state index in [2.05, 4.69) is 32.9 Å². The molecule has 0 saturated carbocycles. The van der Waals surface area contributed by atoms with Gasteiger partial charge in [0.25, 0.3) is 0 Å². The van der Waals surface area contributed by atoms with E-state index in [0.717, 1.165) is 31.4 Å². The molecule has 0 aliphatic heterocycles. The summed E-state index contributed by atoms with van der Waals surface area (Å²) in [6, 6.07) is 8.07. The molecule has 0 spiro atoms. The summed E-state index contributed by atoms with van der Waals surface area (Å²) in [6.07, 6.45) is 3.53. The van der Waals surface area contributed by atoms with Crippen molar-refractivity contribution in [2.75, 3.05) is 7.11 Å². The second-order valence-electron chi connectivity index (χ2n) is 6.14. The Hall–Kier alpha value is -1.02. The lowest BCUT2D eigenvalue weighted by Crippen LogP contribution is -2.13. The molecule has 1 atom stereocenters. The monoisotopic (exact) mass is 250 g/mol. The van der Waals surface area contributed by atoms with E-state index in [1.807, 2.05) is 12.1 Å². The number of hydrogen-bond acceptors (Lipinski definition) is 2. The third-order valence-electron chi connectivity index (χ3n) is 3.15. The van der Waals surface area contributed by atoms with Crippen LogP contribution in [0.5, 0.6) is 5.75 Å². The Labute approximate surface area is 111 Å². The molecule has 0 amide bonds. The van der Waals surface area contributed by atoms with Crippen molar-refractivity contribution in [2.24, 2.45) is 5.41 Å². The van der Waals surface area contributed by atoms with E-state index in [9.17, 15) is 5.11 Å². The predicted molar refractivity (Wildman–Crippen MR) is 76.0 cm³/mol. The first kappa shape index (κ1) is 15.0. The molecule has 102 valence electrons. The first-order valence-electron chi connectivity index (χ1n) is 6.72. The van der Waals surface area contributed by atoms with Gasteiger partial charge in [0, 0.05) is 0 Å². The van der Waals surface area contributed by atoms with Crippen LogP contribution in [0.4, 0.5) is 0 Å². The van der Waals surface area contributed by atoms with Gasteiger partial charge in [0.2, 0.25) is 0 Å². The Bertz CT molecular complexity index is 335. The average Bonchev–Trinajstić information content (AvgIpc) is 2.33. The molecular formula is C16H26O2. The van der Waals surface area contributed by atoms with Crippen molar-refractivity contribution in [2.45, 2.75) is 52.6 Å². The highest BCUT2D eigenvalue weighted by Crippen LogP contribution is 2.23. The molecule has 1 N–H and O–H groups in total. The third-order valence-corrected chi connectivity index (χ3v) is 3.15. The summed E-state index contributed by atoms with van der Waals surface area (Å²) < 4.78 is 5.12. The van der Waals surface area contributed by atoms with Crippen LogP contribution in [0.25, 0.3) is 0 Å². The normalized spacial score (nSPS) is 13.4. The predicted octanol–water partition coefficient (Wildman–Crippen LogP) is 3.82. The van der Waals surface area contributed by atoms with E-state index in [-0.39, 0.29) is 6.10 Å². The summed E-state index contributed by atoms with van der Waals surface area (Å²) in [4.78, 5) is 0. The maximum Gasteiger partial charge on any atom is 0.118 e. The highest BCUT2D eigenvalue weighted by molar-refractivity contribution is 5.27. The molecule has 2 heteroatoms. The standard InChI is InChI=1S/C16H26O2/c1-16(2,3)12-11-14(17)8-5-13-6-9-15(18-4)10-7-13/h6-7,9-10,14,17H,5,8,11-12H2,1-4H3. The third kappa shape index (κ3) is 6.06. The van der Waals surface area contributed by atoms with Crippen LogP contribution in [0.15, 0.2) is 24.3 Å². The Kier molecular flexibility index (Phi) is 5.67. The first-order valence-corrected chi connectivity index (χ1v) is 6.72. The number of aliphatic hydroxyl groups is 1. The number of rotatable bonds is 6. The Morgan fingerprint density at radius 1 is 1.11 bits per heavy atom. The van der Waals surface area contributed by atoms with Crippen LogP contribution in [-0.4, -0.2) is 18.3 Å². The van der Waals surface area contributed by atoms with Gasteiger partial charge in [-0.1, -0.05) is 32.9 Å². The summed E-state index contributed by atoms with van der Waals surface area (Å²) in [5.41, 5.74) is 1.56. The SMILES string of the molecule is COc1ccc(CCC(O)CCC(C)(C)C)cc1. The van der Waals surface area contributed by atoms with E-state index in [1.165, 1.54) is 5.56 Å². The molecule has 0 heterocycles. The van der Waals surface area contributed by atoms with E-state index in [0.29, 0.717) is 5.41 Å². The van der Waals surface area contributed by atoms with Gasteiger partial charge in [0.05, 0.1) is 13.2 Å². The molecule has 1 aromatic carbocycles. The molecule has 1 aromatic rings. The first-order chi connectivity index (χ1) is 8.40. The van der Waals surface area contributed by atoms with E-state index >= 15 is 0 Å². The van der Waals surface area contributed by atoms with Crippen LogP contribution < -0.4 is 4.74 Å². The van der Waals surface area contributed by atoms with Gasteiger partial charge in [-0.25, -0.2) is 0 Å². The summed E-state index contributed by atoms with van der Waals surface area (Å²) >= 11 is 0. The molecule has 0 aliphatic carbocycles. The van der Waals surface area contributed by atoms with Crippen LogP contribution in [0.3, 0.4) is 0 Å². The van der Waals surface area contributed by atoms with Crippen LogP contribution in [0.1, 0.15) is 45.6 Å². The lowest BCUT2D eigenvalue weighted by molar-refractivity contribution is 0.137. The highest BCUT2D eigenvalue weighted by atomic mass is 16.5. The smallest absolute Gasteiger partial charge is 0.118 e. The maximum absolute atomic E-state index is 9.95. The van der Waals surface area contributed by atoms with E-state index in [1.54, 1.807) is 7.11 Å². The van der Waals surface area contributed by atoms with Gasteiger partial charge in [-0.2, -0.15) is 0 Å². The molecule has 0 aromatic heterocycles.